The first kappa shape index (κ1) is 23.4. The highest BCUT2D eigenvalue weighted by molar-refractivity contribution is 5.88. The molecule has 0 atom stereocenters. The van der Waals surface area contributed by atoms with Gasteiger partial charge in [0.05, 0.1) is 16.9 Å². The fourth-order valence-corrected chi connectivity index (χ4v) is 3.51. The summed E-state index contributed by atoms with van der Waals surface area (Å²) in [6, 6.07) is 15.5. The molecule has 0 aliphatic heterocycles. The molecule has 1 aromatic heterocycles. The van der Waals surface area contributed by atoms with Gasteiger partial charge in [0.2, 0.25) is 0 Å². The molecular formula is C26H21FN4O4. The summed E-state index contributed by atoms with van der Waals surface area (Å²) in [7, 11) is 0. The van der Waals surface area contributed by atoms with Crippen LogP contribution in [0, 0.1) is 19.7 Å². The number of aromatic amines is 1. The number of carboxylic acids is 1. The molecule has 0 radical (unpaired) electrons. The molecule has 4 rings (SSSR count). The molecule has 0 unspecified atom stereocenters. The van der Waals surface area contributed by atoms with E-state index in [4.69, 9.17) is 0 Å². The number of para-hydroxylation sites is 1. The van der Waals surface area contributed by atoms with Gasteiger partial charge in [-0.2, -0.15) is 0 Å². The summed E-state index contributed by atoms with van der Waals surface area (Å²) >= 11 is 0. The number of phenols is 1. The summed E-state index contributed by atoms with van der Waals surface area (Å²) in [5.74, 6) is -1.66. The Morgan fingerprint density at radius 3 is 2.51 bits per heavy atom. The number of carbonyl (C=O) groups is 1. The first-order valence-electron chi connectivity index (χ1n) is 10.6. The largest absolute Gasteiger partial charge is 0.505 e. The Labute approximate surface area is 199 Å². The van der Waals surface area contributed by atoms with Crippen LogP contribution in [0.4, 0.5) is 15.8 Å². The molecule has 0 saturated heterocycles. The van der Waals surface area contributed by atoms with E-state index in [1.165, 1.54) is 35.0 Å². The van der Waals surface area contributed by atoms with Gasteiger partial charge < -0.3 is 10.2 Å². The van der Waals surface area contributed by atoms with Gasteiger partial charge in [0.25, 0.3) is 5.56 Å². The van der Waals surface area contributed by atoms with Crippen molar-refractivity contribution in [2.45, 2.75) is 13.8 Å². The molecule has 1 heterocycles. The third-order valence-electron chi connectivity index (χ3n) is 5.40. The van der Waals surface area contributed by atoms with Crippen molar-refractivity contribution < 1.29 is 19.4 Å². The molecule has 0 aliphatic rings. The predicted octanol–water partition coefficient (Wildman–Crippen LogP) is 5.91. The number of hydrogen-bond acceptors (Lipinski definition) is 5. The van der Waals surface area contributed by atoms with Crippen LogP contribution in [-0.4, -0.2) is 26.0 Å². The number of aromatic hydroxyl groups is 1. The molecule has 0 aliphatic carbocycles. The van der Waals surface area contributed by atoms with Gasteiger partial charge in [0.1, 0.15) is 17.3 Å². The molecule has 176 valence electrons. The number of rotatable bonds is 6. The minimum absolute atomic E-state index is 0.00746. The van der Waals surface area contributed by atoms with E-state index < -0.39 is 11.5 Å². The number of halogens is 1. The van der Waals surface area contributed by atoms with Gasteiger partial charge in [0.15, 0.2) is 5.69 Å². The van der Waals surface area contributed by atoms with Gasteiger partial charge in [-0.1, -0.05) is 42.5 Å². The van der Waals surface area contributed by atoms with Crippen molar-refractivity contribution in [1.29, 1.82) is 0 Å². The number of H-pyrrole nitrogens is 1. The molecule has 0 bridgehead atoms. The van der Waals surface area contributed by atoms with Crippen molar-refractivity contribution in [1.82, 2.24) is 9.78 Å². The quantitative estimate of drug-likeness (QED) is 0.239. The second-order valence-corrected chi connectivity index (χ2v) is 7.80. The average Bonchev–Trinajstić information content (AvgIpc) is 3.12. The van der Waals surface area contributed by atoms with E-state index in [0.717, 1.165) is 5.56 Å². The van der Waals surface area contributed by atoms with Gasteiger partial charge in [-0.25, -0.2) is 13.9 Å². The molecule has 35 heavy (non-hydrogen) atoms. The Hall–Kier alpha value is -4.79. The molecule has 8 nitrogen and oxygen atoms in total. The average molecular weight is 472 g/mol. The van der Waals surface area contributed by atoms with Crippen molar-refractivity contribution in [2.75, 3.05) is 0 Å². The van der Waals surface area contributed by atoms with Crippen molar-refractivity contribution in [3.05, 3.63) is 105 Å². The van der Waals surface area contributed by atoms with Crippen LogP contribution >= 0.6 is 0 Å². The number of aryl methyl sites for hydroxylation is 2. The number of aromatic carboxylic acids is 1. The van der Waals surface area contributed by atoms with Crippen LogP contribution in [0.1, 0.15) is 32.7 Å². The number of carboxylic acid groups (broad SMARTS) is 1. The Morgan fingerprint density at radius 2 is 1.77 bits per heavy atom. The smallest absolute Gasteiger partial charge is 0.335 e. The van der Waals surface area contributed by atoms with E-state index in [1.807, 2.05) is 0 Å². The van der Waals surface area contributed by atoms with E-state index in [9.17, 15) is 24.2 Å². The third kappa shape index (κ3) is 4.79. The number of nitrogens with one attached hydrogen (secondary N) is 1. The van der Waals surface area contributed by atoms with Gasteiger partial charge in [-0.15, -0.1) is 10.2 Å². The highest BCUT2D eigenvalue weighted by atomic mass is 19.1. The van der Waals surface area contributed by atoms with Crippen LogP contribution in [0.2, 0.25) is 0 Å². The molecule has 0 saturated carbocycles. The summed E-state index contributed by atoms with van der Waals surface area (Å²) in [6.45, 7) is 3.42. The second kappa shape index (κ2) is 9.60. The summed E-state index contributed by atoms with van der Waals surface area (Å²) in [5.41, 5.74) is 1.94. The lowest BCUT2D eigenvalue weighted by atomic mass is 10.1. The molecule has 3 N–H and O–H groups in total. The van der Waals surface area contributed by atoms with Crippen LogP contribution < -0.4 is 5.56 Å². The summed E-state index contributed by atoms with van der Waals surface area (Å²) in [6.07, 6.45) is 3.14. The topological polar surface area (TPSA) is 120 Å². The van der Waals surface area contributed by atoms with Crippen LogP contribution in [0.25, 0.3) is 17.8 Å². The number of hydrogen-bond donors (Lipinski definition) is 3. The molecular weight excluding hydrogens is 451 g/mol. The first-order valence-corrected chi connectivity index (χ1v) is 10.6. The molecule has 4 aromatic rings. The van der Waals surface area contributed by atoms with Gasteiger partial charge in [-0.3, -0.25) is 9.89 Å². The van der Waals surface area contributed by atoms with E-state index in [2.05, 4.69) is 15.3 Å². The molecule has 9 heteroatoms. The van der Waals surface area contributed by atoms with E-state index >= 15 is 0 Å². The zero-order valence-electron chi connectivity index (χ0n) is 18.9. The maximum atomic E-state index is 14.1. The Morgan fingerprint density at radius 1 is 1.03 bits per heavy atom. The Kier molecular flexibility index (Phi) is 6.41. The predicted molar refractivity (Wildman–Crippen MR) is 130 cm³/mol. The van der Waals surface area contributed by atoms with Crippen molar-refractivity contribution in [2.24, 2.45) is 10.2 Å². The molecule has 0 amide bonds. The van der Waals surface area contributed by atoms with Crippen LogP contribution in [0.5, 0.6) is 5.75 Å². The van der Waals surface area contributed by atoms with Crippen molar-refractivity contribution in [3.63, 3.8) is 0 Å². The number of azo groups is 1. The first-order chi connectivity index (χ1) is 16.8. The SMILES string of the molecule is Cc1cccc(F)c1/C=C/c1cccc(N=Nc2c(C)[nH]n(-c3cccc(C(=O)O)c3)c2=O)c1O. The maximum absolute atomic E-state index is 14.1. The third-order valence-corrected chi connectivity index (χ3v) is 5.40. The van der Waals surface area contributed by atoms with E-state index in [1.54, 1.807) is 56.3 Å². The number of aromatic nitrogens is 2. The highest BCUT2D eigenvalue weighted by Gasteiger charge is 2.14. The fraction of sp³-hybridized carbons (Fsp3) is 0.0769. The van der Waals surface area contributed by atoms with E-state index in [0.29, 0.717) is 22.5 Å². The van der Waals surface area contributed by atoms with Gasteiger partial charge in [0, 0.05) is 11.1 Å². The lowest BCUT2D eigenvalue weighted by Crippen LogP contribution is -2.14. The lowest BCUT2D eigenvalue weighted by Gasteiger charge is -2.04. The summed E-state index contributed by atoms with van der Waals surface area (Å²) in [5, 5.41) is 30.8. The monoisotopic (exact) mass is 472 g/mol. The van der Waals surface area contributed by atoms with Gasteiger partial charge in [-0.05, 0) is 49.7 Å². The van der Waals surface area contributed by atoms with Gasteiger partial charge >= 0.3 is 5.97 Å². The zero-order valence-corrected chi connectivity index (χ0v) is 18.9. The maximum Gasteiger partial charge on any atom is 0.335 e. The second-order valence-electron chi connectivity index (χ2n) is 7.80. The highest BCUT2D eigenvalue weighted by Crippen LogP contribution is 2.33. The van der Waals surface area contributed by atoms with Crippen LogP contribution in [-0.2, 0) is 0 Å². The minimum Gasteiger partial charge on any atom is -0.505 e. The Balaban J connectivity index is 1.65. The summed E-state index contributed by atoms with van der Waals surface area (Å²) < 4.78 is 15.3. The van der Waals surface area contributed by atoms with Crippen LogP contribution in [0.3, 0.4) is 0 Å². The lowest BCUT2D eigenvalue weighted by molar-refractivity contribution is 0.0697. The number of benzene rings is 3. The van der Waals surface area contributed by atoms with E-state index in [-0.39, 0.29) is 28.5 Å². The molecule has 0 spiro atoms. The minimum atomic E-state index is -1.11. The summed E-state index contributed by atoms with van der Waals surface area (Å²) in [4.78, 5) is 24.1. The van der Waals surface area contributed by atoms with Crippen molar-refractivity contribution >= 4 is 29.5 Å². The van der Waals surface area contributed by atoms with Crippen molar-refractivity contribution in [3.8, 4) is 11.4 Å². The normalized spacial score (nSPS) is 11.5. The molecule has 3 aromatic carbocycles. The standard InChI is InChI=1S/C26H21FN4O4/c1-15-6-3-10-21(27)20(15)13-12-17-7-5-11-22(24(17)32)28-29-23-16(2)30-31(25(23)33)19-9-4-8-18(14-19)26(34)35/h3-14,30,32H,1-2H3,(H,34,35)/b13-12+,29-28?. The number of nitrogens with zero attached hydrogens (tertiary/aromatic N) is 3. The fourth-order valence-electron chi connectivity index (χ4n) is 3.51. The molecule has 0 fully saturated rings. The zero-order chi connectivity index (χ0) is 25.1. The number of phenolic OH excluding ortho intramolecular Hbond substituents is 1. The Bertz CT molecular complexity index is 1530. The van der Waals surface area contributed by atoms with Crippen LogP contribution in [0.15, 0.2) is 75.7 Å².